The number of para-hydroxylation sites is 1. The molecule has 1 aromatic heterocycles. The van der Waals surface area contributed by atoms with E-state index in [2.05, 4.69) is 15.8 Å². The van der Waals surface area contributed by atoms with Crippen LogP contribution in [-0.2, 0) is 24.0 Å². The van der Waals surface area contributed by atoms with Crippen molar-refractivity contribution in [1.82, 2.24) is 10.2 Å². The Labute approximate surface area is 202 Å². The zero-order valence-corrected chi connectivity index (χ0v) is 19.1. The molecule has 0 radical (unpaired) electrons. The molecule has 1 fully saturated rings. The first-order chi connectivity index (χ1) is 16.9. The summed E-state index contributed by atoms with van der Waals surface area (Å²) in [6.07, 6.45) is 0.595. The van der Waals surface area contributed by atoms with Gasteiger partial charge in [-0.05, 0) is 24.3 Å². The lowest BCUT2D eigenvalue weighted by Gasteiger charge is -2.49. The molecule has 3 amide bonds. The molecule has 12 nitrogen and oxygen atoms in total. The van der Waals surface area contributed by atoms with Crippen molar-refractivity contribution in [1.29, 1.82) is 0 Å². The number of nitrogens with one attached hydrogen (secondary N) is 2. The third-order valence-electron chi connectivity index (χ3n) is 5.09. The van der Waals surface area contributed by atoms with Gasteiger partial charge in [0.05, 0.1) is 6.26 Å². The van der Waals surface area contributed by atoms with Crippen LogP contribution in [0.4, 0.5) is 10.5 Å². The van der Waals surface area contributed by atoms with Gasteiger partial charge >= 0.3 is 12.1 Å². The maximum atomic E-state index is 12.8. The van der Waals surface area contributed by atoms with Crippen molar-refractivity contribution in [2.75, 3.05) is 24.8 Å². The Kier molecular flexibility index (Phi) is 7.06. The Hall–Kier alpha value is -4.26. The fourth-order valence-corrected chi connectivity index (χ4v) is 4.86. The second kappa shape index (κ2) is 10.3. The number of hydrogen-bond donors (Lipinski definition) is 3. The topological polar surface area (TPSA) is 160 Å². The summed E-state index contributed by atoms with van der Waals surface area (Å²) in [5.41, 5.74) is 0.341. The van der Waals surface area contributed by atoms with Crippen LogP contribution in [0.1, 0.15) is 5.76 Å². The Bertz CT molecular complexity index is 1200. The molecular weight excluding hydrogens is 480 g/mol. The highest BCUT2D eigenvalue weighted by Crippen LogP contribution is 2.40. The highest BCUT2D eigenvalue weighted by molar-refractivity contribution is 8.00. The van der Waals surface area contributed by atoms with Crippen molar-refractivity contribution in [3.63, 3.8) is 0 Å². The van der Waals surface area contributed by atoms with Gasteiger partial charge in [-0.15, -0.1) is 11.8 Å². The highest BCUT2D eigenvalue weighted by Gasteiger charge is 2.54. The summed E-state index contributed by atoms with van der Waals surface area (Å²) in [4.78, 5) is 55.3. The number of oxime groups is 1. The van der Waals surface area contributed by atoms with E-state index < -0.39 is 35.3 Å². The minimum Gasteiger partial charge on any atom is -0.477 e. The van der Waals surface area contributed by atoms with Crippen molar-refractivity contribution in [3.05, 3.63) is 65.8 Å². The molecule has 35 heavy (non-hydrogen) atoms. The molecule has 2 atom stereocenters. The Morgan fingerprint density at radius 2 is 2.00 bits per heavy atom. The van der Waals surface area contributed by atoms with E-state index in [1.165, 1.54) is 31.2 Å². The lowest BCUT2D eigenvalue weighted by atomic mass is 10.0. The SMILES string of the molecule is CON=C(C(=O)N[C@@H]1C(=O)N2C(C(=O)O)=C(COC(=O)Nc3ccccc3)CS[C@H]12)c1ccco1. The fourth-order valence-electron chi connectivity index (χ4n) is 3.53. The number of amides is 3. The molecule has 1 aromatic carbocycles. The van der Waals surface area contributed by atoms with E-state index >= 15 is 0 Å². The van der Waals surface area contributed by atoms with Gasteiger partial charge in [0.15, 0.2) is 5.76 Å². The van der Waals surface area contributed by atoms with Crippen LogP contribution >= 0.6 is 11.8 Å². The number of nitrogens with zero attached hydrogens (tertiary/aromatic N) is 2. The monoisotopic (exact) mass is 500 g/mol. The Morgan fingerprint density at radius 3 is 2.66 bits per heavy atom. The van der Waals surface area contributed by atoms with Gasteiger partial charge in [-0.2, -0.15) is 0 Å². The average molecular weight is 500 g/mol. The van der Waals surface area contributed by atoms with Crippen molar-refractivity contribution in [2.24, 2.45) is 5.16 Å². The molecule has 182 valence electrons. The number of ether oxygens (including phenoxy) is 1. The molecule has 2 aliphatic heterocycles. The van der Waals surface area contributed by atoms with Crippen LogP contribution in [0.3, 0.4) is 0 Å². The molecule has 4 rings (SSSR count). The number of furan rings is 1. The molecule has 3 heterocycles. The minimum atomic E-state index is -1.34. The maximum Gasteiger partial charge on any atom is 0.411 e. The lowest BCUT2D eigenvalue weighted by molar-refractivity contribution is -0.150. The summed E-state index contributed by atoms with van der Waals surface area (Å²) < 4.78 is 10.3. The number of β-lactam (4-membered cyclic amide) rings is 1. The molecule has 0 saturated carbocycles. The first-order valence-corrected chi connectivity index (χ1v) is 11.3. The van der Waals surface area contributed by atoms with Gasteiger partial charge in [0.1, 0.15) is 30.8 Å². The third kappa shape index (κ3) is 4.99. The molecule has 13 heteroatoms. The lowest BCUT2D eigenvalue weighted by Crippen LogP contribution is -2.71. The van der Waals surface area contributed by atoms with Crippen LogP contribution in [-0.4, -0.2) is 70.5 Å². The predicted octanol–water partition coefficient (Wildman–Crippen LogP) is 1.62. The van der Waals surface area contributed by atoms with Crippen LogP contribution in [0, 0.1) is 0 Å². The summed E-state index contributed by atoms with van der Waals surface area (Å²) >= 11 is 1.24. The van der Waals surface area contributed by atoms with Crippen molar-refractivity contribution >= 4 is 47.0 Å². The Morgan fingerprint density at radius 1 is 1.23 bits per heavy atom. The van der Waals surface area contributed by atoms with E-state index in [9.17, 15) is 24.3 Å². The second-order valence-electron chi connectivity index (χ2n) is 7.29. The minimum absolute atomic E-state index is 0.142. The number of aliphatic carboxylic acids is 1. The zero-order chi connectivity index (χ0) is 24.9. The smallest absolute Gasteiger partial charge is 0.411 e. The first-order valence-electron chi connectivity index (χ1n) is 10.3. The van der Waals surface area contributed by atoms with E-state index in [0.717, 1.165) is 4.90 Å². The van der Waals surface area contributed by atoms with Gasteiger partial charge < -0.3 is 24.4 Å². The van der Waals surface area contributed by atoms with Gasteiger partial charge in [-0.3, -0.25) is 19.8 Å². The van der Waals surface area contributed by atoms with E-state index in [1.807, 2.05) is 0 Å². The second-order valence-corrected chi connectivity index (χ2v) is 8.39. The van der Waals surface area contributed by atoms with Gasteiger partial charge in [-0.1, -0.05) is 23.4 Å². The number of anilines is 1. The van der Waals surface area contributed by atoms with Crippen LogP contribution in [0.2, 0.25) is 0 Å². The molecular formula is C22H20N4O8S. The maximum absolute atomic E-state index is 12.8. The van der Waals surface area contributed by atoms with Crippen LogP contribution in [0.25, 0.3) is 0 Å². The predicted molar refractivity (Wildman–Crippen MR) is 123 cm³/mol. The molecule has 3 N–H and O–H groups in total. The quantitative estimate of drug-likeness (QED) is 0.278. The van der Waals surface area contributed by atoms with E-state index in [4.69, 9.17) is 14.0 Å². The number of hydrogen-bond acceptors (Lipinski definition) is 9. The normalized spacial score (nSPS) is 19.4. The largest absolute Gasteiger partial charge is 0.477 e. The molecule has 0 unspecified atom stereocenters. The number of fused-ring (bicyclic) bond motifs is 1. The summed E-state index contributed by atoms with van der Waals surface area (Å²) in [5.74, 6) is -2.35. The zero-order valence-electron chi connectivity index (χ0n) is 18.3. The van der Waals surface area contributed by atoms with Crippen LogP contribution in [0.5, 0.6) is 0 Å². The number of benzene rings is 1. The number of carbonyl (C=O) groups is 4. The number of carboxylic acid groups (broad SMARTS) is 1. The summed E-state index contributed by atoms with van der Waals surface area (Å²) in [5, 5.41) is 17.8. The third-order valence-corrected chi connectivity index (χ3v) is 6.43. The van der Waals surface area contributed by atoms with Crippen molar-refractivity contribution in [2.45, 2.75) is 11.4 Å². The van der Waals surface area contributed by atoms with Gasteiger partial charge in [-0.25, -0.2) is 9.59 Å². The van der Waals surface area contributed by atoms with Gasteiger partial charge in [0, 0.05) is 17.0 Å². The molecule has 2 aliphatic rings. The molecule has 2 aromatic rings. The van der Waals surface area contributed by atoms with Crippen LogP contribution in [0.15, 0.2) is 69.6 Å². The van der Waals surface area contributed by atoms with E-state index in [0.29, 0.717) is 5.69 Å². The molecule has 1 saturated heterocycles. The average Bonchev–Trinajstić information content (AvgIpc) is 3.38. The number of carbonyl (C=O) groups excluding carboxylic acids is 3. The number of thioether (sulfide) groups is 1. The van der Waals surface area contributed by atoms with Crippen LogP contribution < -0.4 is 10.6 Å². The highest BCUT2D eigenvalue weighted by atomic mass is 32.2. The number of carboxylic acids is 1. The standard InChI is InChI=1S/C22H20N4O8S/c1-32-25-15(14-8-5-9-33-14)18(27)24-16-19(28)26-17(21(29)30)12(11-35-20(16)26)10-34-22(31)23-13-6-3-2-4-7-13/h2-9,16,20H,10-11H2,1H3,(H,23,31)(H,24,27)(H,29,30)/t16-,20-/m1/s1. The Balaban J connectivity index is 1.43. The van der Waals surface area contributed by atoms with Crippen molar-refractivity contribution in [3.8, 4) is 0 Å². The first kappa shape index (κ1) is 23.9. The fraction of sp³-hybridized carbons (Fsp3) is 0.227. The summed E-state index contributed by atoms with van der Waals surface area (Å²) in [6.45, 7) is -0.316. The van der Waals surface area contributed by atoms with E-state index in [1.54, 1.807) is 36.4 Å². The molecule has 0 aliphatic carbocycles. The number of rotatable bonds is 8. The molecule has 0 bridgehead atoms. The van der Waals surface area contributed by atoms with Gasteiger partial charge in [0.25, 0.3) is 11.8 Å². The summed E-state index contributed by atoms with van der Waals surface area (Å²) in [6, 6.07) is 10.7. The van der Waals surface area contributed by atoms with Crippen molar-refractivity contribution < 1.29 is 38.3 Å². The molecule has 0 spiro atoms. The van der Waals surface area contributed by atoms with Gasteiger partial charge in [0.2, 0.25) is 5.71 Å². The van der Waals surface area contributed by atoms with E-state index in [-0.39, 0.29) is 35.1 Å². The summed E-state index contributed by atoms with van der Waals surface area (Å²) in [7, 11) is 1.26.